The Morgan fingerprint density at radius 3 is 2.76 bits per heavy atom. The van der Waals surface area contributed by atoms with E-state index in [4.69, 9.17) is 5.73 Å². The first-order valence-electron chi connectivity index (χ1n) is 5.33. The van der Waals surface area contributed by atoms with Crippen LogP contribution in [-0.2, 0) is 4.79 Å². The molecule has 0 spiro atoms. The second kappa shape index (κ2) is 5.95. The van der Waals surface area contributed by atoms with E-state index in [0.29, 0.717) is 6.42 Å². The molecule has 0 aliphatic heterocycles. The number of nitrogens with two attached hydrogens (primary N) is 1. The fraction of sp³-hybridized carbons (Fsp3) is 0.364. The van der Waals surface area contributed by atoms with Gasteiger partial charge in [-0.25, -0.2) is 0 Å². The van der Waals surface area contributed by atoms with Crippen LogP contribution >= 0.6 is 0 Å². The molecule has 1 atom stereocenters. The van der Waals surface area contributed by atoms with Crippen LogP contribution < -0.4 is 11.1 Å². The SMILES string of the molecule is CCC(N)CC(=O)Nc1ccccc1[N+](=O)[O-]. The van der Waals surface area contributed by atoms with E-state index < -0.39 is 4.92 Å². The Bertz CT molecular complexity index is 420. The van der Waals surface area contributed by atoms with E-state index in [1.165, 1.54) is 12.1 Å². The third-order valence-electron chi connectivity index (χ3n) is 2.35. The minimum Gasteiger partial charge on any atom is -0.327 e. The van der Waals surface area contributed by atoms with Gasteiger partial charge in [-0.05, 0) is 12.5 Å². The van der Waals surface area contributed by atoms with Crippen LogP contribution in [0.1, 0.15) is 19.8 Å². The van der Waals surface area contributed by atoms with Gasteiger partial charge in [0.1, 0.15) is 5.69 Å². The predicted octanol–water partition coefficient (Wildman–Crippen LogP) is 1.66. The molecular weight excluding hydrogens is 222 g/mol. The Hall–Kier alpha value is -1.95. The summed E-state index contributed by atoms with van der Waals surface area (Å²) in [5.41, 5.74) is 5.71. The highest BCUT2D eigenvalue weighted by Gasteiger charge is 2.15. The molecule has 0 saturated heterocycles. The monoisotopic (exact) mass is 237 g/mol. The van der Waals surface area contributed by atoms with Crippen molar-refractivity contribution in [2.45, 2.75) is 25.8 Å². The van der Waals surface area contributed by atoms with Crippen LogP contribution in [0.3, 0.4) is 0 Å². The third kappa shape index (κ3) is 3.84. The lowest BCUT2D eigenvalue weighted by molar-refractivity contribution is -0.383. The normalized spacial score (nSPS) is 11.9. The Balaban J connectivity index is 2.74. The van der Waals surface area contributed by atoms with E-state index in [9.17, 15) is 14.9 Å². The van der Waals surface area contributed by atoms with Gasteiger partial charge in [0.25, 0.3) is 5.69 Å². The van der Waals surface area contributed by atoms with E-state index in [1.54, 1.807) is 12.1 Å². The molecule has 92 valence electrons. The molecule has 1 rings (SSSR count). The van der Waals surface area contributed by atoms with Crippen LogP contribution in [-0.4, -0.2) is 16.9 Å². The fourth-order valence-corrected chi connectivity index (χ4v) is 1.32. The summed E-state index contributed by atoms with van der Waals surface area (Å²) in [6.07, 6.45) is 0.840. The molecule has 6 heteroatoms. The average molecular weight is 237 g/mol. The molecule has 0 bridgehead atoms. The molecule has 6 nitrogen and oxygen atoms in total. The van der Waals surface area contributed by atoms with E-state index in [2.05, 4.69) is 5.32 Å². The summed E-state index contributed by atoms with van der Waals surface area (Å²) in [6, 6.07) is 5.79. The summed E-state index contributed by atoms with van der Waals surface area (Å²) in [5, 5.41) is 13.2. The molecule has 17 heavy (non-hydrogen) atoms. The zero-order chi connectivity index (χ0) is 12.8. The Labute approximate surface area is 99.0 Å². The average Bonchev–Trinajstić information content (AvgIpc) is 2.29. The summed E-state index contributed by atoms with van der Waals surface area (Å²) in [5.74, 6) is -0.311. The lowest BCUT2D eigenvalue weighted by atomic mass is 10.1. The van der Waals surface area contributed by atoms with Gasteiger partial charge in [0.2, 0.25) is 5.91 Å². The third-order valence-corrected chi connectivity index (χ3v) is 2.35. The Kier molecular flexibility index (Phi) is 4.59. The van der Waals surface area contributed by atoms with Crippen molar-refractivity contribution in [1.82, 2.24) is 0 Å². The summed E-state index contributed by atoms with van der Waals surface area (Å²) in [4.78, 5) is 21.7. The molecule has 1 aromatic rings. The quantitative estimate of drug-likeness (QED) is 0.601. The number of nitro groups is 1. The van der Waals surface area contributed by atoms with Crippen molar-refractivity contribution < 1.29 is 9.72 Å². The van der Waals surface area contributed by atoms with E-state index in [0.717, 1.165) is 0 Å². The van der Waals surface area contributed by atoms with Crippen LogP contribution in [0.15, 0.2) is 24.3 Å². The molecule has 1 unspecified atom stereocenters. The highest BCUT2D eigenvalue weighted by Crippen LogP contribution is 2.23. The van der Waals surface area contributed by atoms with Crippen LogP contribution in [0, 0.1) is 10.1 Å². The maximum Gasteiger partial charge on any atom is 0.292 e. The predicted molar refractivity (Wildman–Crippen MR) is 64.6 cm³/mol. The number of anilines is 1. The summed E-state index contributed by atoms with van der Waals surface area (Å²) >= 11 is 0. The maximum atomic E-state index is 11.5. The van der Waals surface area contributed by atoms with Crippen LogP contribution in [0.5, 0.6) is 0 Å². The molecular formula is C11H15N3O3. The van der Waals surface area contributed by atoms with Gasteiger partial charge in [-0.1, -0.05) is 19.1 Å². The fourth-order valence-electron chi connectivity index (χ4n) is 1.32. The number of nitrogens with zero attached hydrogens (tertiary/aromatic N) is 1. The number of carbonyl (C=O) groups excluding carboxylic acids is 1. The smallest absolute Gasteiger partial charge is 0.292 e. The van der Waals surface area contributed by atoms with Gasteiger partial charge in [0.15, 0.2) is 0 Å². The van der Waals surface area contributed by atoms with Gasteiger partial charge < -0.3 is 11.1 Å². The Morgan fingerprint density at radius 2 is 2.18 bits per heavy atom. The first-order valence-corrected chi connectivity index (χ1v) is 5.33. The van der Waals surface area contributed by atoms with Crippen molar-refractivity contribution >= 4 is 17.3 Å². The Morgan fingerprint density at radius 1 is 1.53 bits per heavy atom. The number of rotatable bonds is 5. The van der Waals surface area contributed by atoms with Gasteiger partial charge in [-0.3, -0.25) is 14.9 Å². The van der Waals surface area contributed by atoms with Crippen molar-refractivity contribution in [1.29, 1.82) is 0 Å². The molecule has 3 N–H and O–H groups in total. The molecule has 0 fully saturated rings. The minimum absolute atomic E-state index is 0.120. The highest BCUT2D eigenvalue weighted by atomic mass is 16.6. The van der Waals surface area contributed by atoms with Crippen molar-refractivity contribution in [3.05, 3.63) is 34.4 Å². The molecule has 1 aromatic carbocycles. The van der Waals surface area contributed by atoms with Gasteiger partial charge in [-0.2, -0.15) is 0 Å². The molecule has 0 radical (unpaired) electrons. The number of nitro benzene ring substituents is 1. The minimum atomic E-state index is -0.532. The summed E-state index contributed by atoms with van der Waals surface area (Å²) in [7, 11) is 0. The summed E-state index contributed by atoms with van der Waals surface area (Å²) in [6.45, 7) is 1.88. The largest absolute Gasteiger partial charge is 0.327 e. The number of nitrogens with one attached hydrogen (secondary N) is 1. The topological polar surface area (TPSA) is 98.3 Å². The number of hydrogen-bond acceptors (Lipinski definition) is 4. The standard InChI is InChI=1S/C11H15N3O3/c1-2-8(12)7-11(15)13-9-5-3-4-6-10(9)14(16)17/h3-6,8H,2,7,12H2,1H3,(H,13,15). The number of benzene rings is 1. The van der Waals surface area contributed by atoms with Gasteiger partial charge >= 0.3 is 0 Å². The van der Waals surface area contributed by atoms with Gasteiger partial charge in [-0.15, -0.1) is 0 Å². The van der Waals surface area contributed by atoms with Crippen LogP contribution in [0.2, 0.25) is 0 Å². The lowest BCUT2D eigenvalue weighted by Crippen LogP contribution is -2.26. The number of hydrogen-bond donors (Lipinski definition) is 2. The second-order valence-corrected chi connectivity index (χ2v) is 3.69. The van der Waals surface area contributed by atoms with E-state index in [1.807, 2.05) is 6.92 Å². The van der Waals surface area contributed by atoms with Crippen molar-refractivity contribution in [3.8, 4) is 0 Å². The highest BCUT2D eigenvalue weighted by molar-refractivity contribution is 5.93. The van der Waals surface area contributed by atoms with Crippen molar-refractivity contribution in [2.24, 2.45) is 5.73 Å². The summed E-state index contributed by atoms with van der Waals surface area (Å²) < 4.78 is 0. The molecule has 0 aliphatic rings. The molecule has 0 heterocycles. The van der Waals surface area contributed by atoms with E-state index >= 15 is 0 Å². The first kappa shape index (κ1) is 13.1. The maximum absolute atomic E-state index is 11.5. The van der Waals surface area contributed by atoms with Crippen LogP contribution in [0.25, 0.3) is 0 Å². The first-order chi connectivity index (χ1) is 8.04. The van der Waals surface area contributed by atoms with Crippen LogP contribution in [0.4, 0.5) is 11.4 Å². The molecule has 0 aromatic heterocycles. The number of carbonyl (C=O) groups is 1. The molecule has 0 aliphatic carbocycles. The zero-order valence-electron chi connectivity index (χ0n) is 9.55. The van der Waals surface area contributed by atoms with Gasteiger partial charge in [0.05, 0.1) is 4.92 Å². The molecule has 0 saturated carbocycles. The zero-order valence-corrected chi connectivity index (χ0v) is 9.55. The van der Waals surface area contributed by atoms with Crippen molar-refractivity contribution in [3.63, 3.8) is 0 Å². The van der Waals surface area contributed by atoms with E-state index in [-0.39, 0.29) is 29.7 Å². The second-order valence-electron chi connectivity index (χ2n) is 3.69. The van der Waals surface area contributed by atoms with Crippen molar-refractivity contribution in [2.75, 3.05) is 5.32 Å². The molecule has 1 amide bonds. The number of para-hydroxylation sites is 2. The lowest BCUT2D eigenvalue weighted by Gasteiger charge is -2.09. The number of amides is 1. The van der Waals surface area contributed by atoms with Gasteiger partial charge in [0, 0.05) is 18.5 Å².